The van der Waals surface area contributed by atoms with E-state index in [9.17, 15) is 9.18 Å². The molecule has 2 aromatic rings. The van der Waals surface area contributed by atoms with Crippen LogP contribution in [0.15, 0.2) is 48.5 Å². The van der Waals surface area contributed by atoms with Crippen LogP contribution in [0, 0.1) is 11.7 Å². The fourth-order valence-corrected chi connectivity index (χ4v) is 2.96. The van der Waals surface area contributed by atoms with Gasteiger partial charge in [-0.25, -0.2) is 9.18 Å². The number of piperidine rings is 1. The predicted octanol–water partition coefficient (Wildman–Crippen LogP) is 4.67. The van der Waals surface area contributed by atoms with Crippen molar-refractivity contribution in [2.45, 2.75) is 45.7 Å². The Hall–Kier alpha value is -2.60. The van der Waals surface area contributed by atoms with Crippen LogP contribution >= 0.6 is 0 Å². The molecule has 0 radical (unpaired) electrons. The molecule has 3 rings (SSSR count). The molecule has 0 atom stereocenters. The maximum atomic E-state index is 13.5. The van der Waals surface area contributed by atoms with Gasteiger partial charge in [0.25, 0.3) is 0 Å². The maximum Gasteiger partial charge on any atom is 0.318 e. The first-order chi connectivity index (χ1) is 21.1. The number of likely N-dealkylation sites (tertiary alicyclic amines) is 1. The highest BCUT2D eigenvalue weighted by Crippen LogP contribution is 2.19. The standard InChI is InChI=1S/C25H34FN3O2/c1-19(2)18-31-24-10-6-20(7-11-24)16-27-25(30)29(23-12-14-28(3)15-13-23)17-21-4-8-22(26)9-5-21/h4-11,19,23H,12-18H2,1-3H3,(H,27,30)/i1D3,2D3,3D3,14D2,15D2,18D2,19D. The highest BCUT2D eigenvalue weighted by molar-refractivity contribution is 5.74. The van der Waals surface area contributed by atoms with E-state index in [1.54, 1.807) is 0 Å². The van der Waals surface area contributed by atoms with Gasteiger partial charge in [-0.1, -0.05) is 38.0 Å². The molecule has 0 aromatic heterocycles. The van der Waals surface area contributed by atoms with Crippen LogP contribution in [-0.2, 0) is 13.1 Å². The van der Waals surface area contributed by atoms with Crippen molar-refractivity contribution in [1.29, 1.82) is 0 Å². The molecule has 1 heterocycles. The molecule has 6 heteroatoms. The first-order valence-electron chi connectivity index (χ1n) is 17.5. The minimum Gasteiger partial charge on any atom is -0.493 e. The molecular formula is C25H34FN3O2. The molecule has 2 aromatic carbocycles. The third-order valence-electron chi connectivity index (χ3n) is 4.58. The van der Waals surface area contributed by atoms with Gasteiger partial charge < -0.3 is 19.9 Å². The van der Waals surface area contributed by atoms with Gasteiger partial charge in [-0.2, -0.15) is 0 Å². The molecule has 0 bridgehead atoms. The number of urea groups is 1. The Labute approximate surface area is 207 Å². The Balaban J connectivity index is 1.82. The van der Waals surface area contributed by atoms with Crippen LogP contribution in [-0.4, -0.2) is 48.4 Å². The summed E-state index contributed by atoms with van der Waals surface area (Å²) in [6, 6.07) is 8.17. The van der Waals surface area contributed by atoms with Crippen molar-refractivity contribution < 1.29 is 35.9 Å². The van der Waals surface area contributed by atoms with E-state index in [-0.39, 0.29) is 23.7 Å². The maximum absolute atomic E-state index is 13.5. The normalized spacial score (nSPS) is 28.0. The van der Waals surface area contributed by atoms with Crippen LogP contribution in [0.25, 0.3) is 0 Å². The largest absolute Gasteiger partial charge is 0.493 e. The van der Waals surface area contributed by atoms with Crippen molar-refractivity contribution in [2.24, 2.45) is 5.89 Å². The molecule has 5 nitrogen and oxygen atoms in total. The van der Waals surface area contributed by atoms with Crippen molar-refractivity contribution >= 4 is 6.03 Å². The van der Waals surface area contributed by atoms with Crippen LogP contribution in [0.2, 0.25) is 0 Å². The zero-order valence-electron chi connectivity index (χ0n) is 32.6. The molecule has 2 amide bonds. The van der Waals surface area contributed by atoms with Gasteiger partial charge in [-0.3, -0.25) is 0 Å². The Morgan fingerprint density at radius 1 is 1.26 bits per heavy atom. The lowest BCUT2D eigenvalue weighted by Gasteiger charge is -2.37. The third kappa shape index (κ3) is 7.24. The predicted molar refractivity (Wildman–Crippen MR) is 121 cm³/mol. The second-order valence-corrected chi connectivity index (χ2v) is 6.85. The zero-order chi connectivity index (χ0) is 36.0. The SMILES string of the molecule is [2H]C([2H])([2H])N1C([2H])([2H])CC(N(Cc2ccc(F)cc2)C(=O)NCc2ccc(OC([2H])([2H])C([2H])(C([2H])([2H])[2H])C([2H])([2H])[2H])cc2)CC1([2H])[2H]. The fourth-order valence-electron chi connectivity index (χ4n) is 2.96. The Morgan fingerprint density at radius 3 is 2.58 bits per heavy atom. The average Bonchev–Trinajstić information content (AvgIpc) is 2.87. The van der Waals surface area contributed by atoms with Gasteiger partial charge in [0, 0.05) is 38.3 Å². The Kier molecular flexibility index (Phi) is 3.56. The molecule has 1 aliphatic rings. The smallest absolute Gasteiger partial charge is 0.318 e. The van der Waals surface area contributed by atoms with E-state index in [4.69, 9.17) is 26.7 Å². The summed E-state index contributed by atoms with van der Waals surface area (Å²) in [5, 5.41) is 2.61. The molecule has 0 saturated carbocycles. The molecule has 0 unspecified atom stereocenters. The number of rotatable bonds is 8. The summed E-state index contributed by atoms with van der Waals surface area (Å²) >= 11 is 0. The van der Waals surface area contributed by atoms with Crippen LogP contribution < -0.4 is 10.1 Å². The Bertz CT molecular complexity index is 1360. The number of hydrogen-bond donors (Lipinski definition) is 1. The molecule has 1 aliphatic heterocycles. The summed E-state index contributed by atoms with van der Waals surface area (Å²) in [4.78, 5) is 14.8. The van der Waals surface area contributed by atoms with Crippen LogP contribution in [0.1, 0.15) is 59.6 Å². The molecular weight excluding hydrogens is 393 g/mol. The number of halogens is 1. The van der Waals surface area contributed by atoms with E-state index < -0.39 is 76.9 Å². The lowest BCUT2D eigenvalue weighted by molar-refractivity contribution is 0.127. The van der Waals surface area contributed by atoms with Gasteiger partial charge in [0.2, 0.25) is 0 Å². The summed E-state index contributed by atoms with van der Waals surface area (Å²) < 4.78 is 144. The highest BCUT2D eigenvalue weighted by atomic mass is 19.1. The van der Waals surface area contributed by atoms with E-state index >= 15 is 0 Å². The number of nitrogens with one attached hydrogen (secondary N) is 1. The quantitative estimate of drug-likeness (QED) is 0.645. The summed E-state index contributed by atoms with van der Waals surface area (Å²) in [5.74, 6) is -4.49. The van der Waals surface area contributed by atoms with Crippen molar-refractivity contribution in [2.75, 3.05) is 26.5 Å². The first-order valence-corrected chi connectivity index (χ1v) is 9.50. The van der Waals surface area contributed by atoms with Gasteiger partial charge in [-0.15, -0.1) is 0 Å². The number of amides is 2. The molecule has 1 saturated heterocycles. The van der Waals surface area contributed by atoms with Crippen LogP contribution in [0.3, 0.4) is 0 Å². The fraction of sp³-hybridized carbons (Fsp3) is 0.480. The second kappa shape index (κ2) is 11.1. The van der Waals surface area contributed by atoms with Gasteiger partial charge >= 0.3 is 6.03 Å². The average molecular weight is 444 g/mol. The molecule has 31 heavy (non-hydrogen) atoms. The van der Waals surface area contributed by atoms with Crippen molar-refractivity contribution in [3.63, 3.8) is 0 Å². The molecule has 168 valence electrons. The molecule has 0 aliphatic carbocycles. The molecule has 1 fully saturated rings. The van der Waals surface area contributed by atoms with E-state index in [0.29, 0.717) is 11.1 Å². The second-order valence-electron chi connectivity index (χ2n) is 6.85. The topological polar surface area (TPSA) is 44.8 Å². The summed E-state index contributed by atoms with van der Waals surface area (Å²) in [5.41, 5.74) is 0.816. The van der Waals surface area contributed by atoms with Crippen molar-refractivity contribution in [3.05, 3.63) is 65.5 Å². The van der Waals surface area contributed by atoms with Crippen LogP contribution in [0.5, 0.6) is 5.75 Å². The summed E-state index contributed by atoms with van der Waals surface area (Å²) in [6.07, 6.45) is -1.12. The van der Waals surface area contributed by atoms with Crippen molar-refractivity contribution in [1.82, 2.24) is 15.1 Å². The van der Waals surface area contributed by atoms with Crippen LogP contribution in [0.4, 0.5) is 9.18 Å². The Morgan fingerprint density at radius 2 is 1.94 bits per heavy atom. The number of carbonyl (C=O) groups excluding carboxylic acids is 1. The molecule has 0 spiro atoms. The van der Waals surface area contributed by atoms with E-state index in [0.717, 1.165) is 17.0 Å². The number of hydrogen-bond acceptors (Lipinski definition) is 3. The number of nitrogens with zero attached hydrogens (tertiary/aromatic N) is 2. The number of ether oxygens (including phenoxy) is 1. The lowest BCUT2D eigenvalue weighted by atomic mass is 10.0. The van der Waals surface area contributed by atoms with E-state index in [1.165, 1.54) is 36.4 Å². The minimum atomic E-state index is -3.64. The number of benzene rings is 2. The van der Waals surface area contributed by atoms with Gasteiger partial charge in [0.15, 0.2) is 0 Å². The minimum absolute atomic E-state index is 0.171. The monoisotopic (exact) mass is 443 g/mol. The summed E-state index contributed by atoms with van der Waals surface area (Å²) in [7, 11) is 0. The number of carbonyl (C=O) groups is 1. The lowest BCUT2D eigenvalue weighted by Crippen LogP contribution is -2.49. The van der Waals surface area contributed by atoms with E-state index in [2.05, 4.69) is 5.32 Å². The van der Waals surface area contributed by atoms with Gasteiger partial charge in [0.05, 0.1) is 9.30 Å². The summed E-state index contributed by atoms with van der Waals surface area (Å²) in [6.45, 7) is -19.6. The highest BCUT2D eigenvalue weighted by Gasteiger charge is 2.27. The first kappa shape index (κ1) is 9.90. The van der Waals surface area contributed by atoms with E-state index in [1.807, 2.05) is 0 Å². The van der Waals surface area contributed by atoms with Gasteiger partial charge in [0.1, 0.15) is 11.6 Å². The van der Waals surface area contributed by atoms with Gasteiger partial charge in [-0.05, 0) is 74.1 Å². The van der Waals surface area contributed by atoms with Crippen molar-refractivity contribution in [3.8, 4) is 5.75 Å². The third-order valence-corrected chi connectivity index (χ3v) is 4.58. The molecule has 1 N–H and O–H groups in total. The zero-order valence-corrected chi connectivity index (χ0v) is 16.6.